The molecule has 2 aromatic rings. The van der Waals surface area contributed by atoms with Crippen LogP contribution >= 0.6 is 0 Å². The Morgan fingerprint density at radius 2 is 1.69 bits per heavy atom. The molecule has 0 bridgehead atoms. The zero-order chi connectivity index (χ0) is 22.8. The summed E-state index contributed by atoms with van der Waals surface area (Å²) >= 11 is 0. The van der Waals surface area contributed by atoms with E-state index < -0.39 is 24.1 Å². The summed E-state index contributed by atoms with van der Waals surface area (Å²) < 4.78 is 5.52. The maximum Gasteiger partial charge on any atom is 0.407 e. The number of amides is 2. The van der Waals surface area contributed by atoms with Gasteiger partial charge in [0.1, 0.15) is 12.6 Å². The van der Waals surface area contributed by atoms with Crippen molar-refractivity contribution in [1.29, 1.82) is 0 Å². The Labute approximate surface area is 187 Å². The number of nitrogens with zero attached hydrogens (tertiary/aromatic N) is 1. The molecule has 0 radical (unpaired) electrons. The largest absolute Gasteiger partial charge is 0.480 e. The second kappa shape index (κ2) is 9.02. The molecule has 2 aromatic carbocycles. The number of likely N-dealkylation sites (tertiary alicyclic amines) is 1. The molecule has 7 nitrogen and oxygen atoms in total. The van der Waals surface area contributed by atoms with Crippen LogP contribution in [0.1, 0.15) is 43.7 Å². The Bertz CT molecular complexity index is 991. The van der Waals surface area contributed by atoms with E-state index in [0.29, 0.717) is 13.0 Å². The van der Waals surface area contributed by atoms with Crippen LogP contribution in [0.2, 0.25) is 0 Å². The smallest absolute Gasteiger partial charge is 0.407 e. The van der Waals surface area contributed by atoms with Crippen LogP contribution in [-0.4, -0.2) is 53.2 Å². The van der Waals surface area contributed by atoms with Crippen molar-refractivity contribution in [2.75, 3.05) is 13.2 Å². The predicted molar refractivity (Wildman–Crippen MR) is 119 cm³/mol. The van der Waals surface area contributed by atoms with Crippen LogP contribution in [0.25, 0.3) is 11.1 Å². The average molecular weight is 437 g/mol. The Balaban J connectivity index is 1.33. The van der Waals surface area contributed by atoms with Crippen molar-refractivity contribution >= 4 is 18.0 Å². The summed E-state index contributed by atoms with van der Waals surface area (Å²) in [7, 11) is 0. The highest BCUT2D eigenvalue weighted by Gasteiger charge is 2.39. The molecule has 2 unspecified atom stereocenters. The highest BCUT2D eigenvalue weighted by Crippen LogP contribution is 2.44. The molecule has 32 heavy (non-hydrogen) atoms. The molecule has 2 N–H and O–H groups in total. The number of carbonyl (C=O) groups is 3. The van der Waals surface area contributed by atoms with E-state index in [2.05, 4.69) is 29.6 Å². The third kappa shape index (κ3) is 4.20. The highest BCUT2D eigenvalue weighted by molar-refractivity contribution is 5.85. The van der Waals surface area contributed by atoms with Crippen molar-refractivity contribution in [3.63, 3.8) is 0 Å². The van der Waals surface area contributed by atoms with Gasteiger partial charge in [-0.1, -0.05) is 55.5 Å². The molecule has 1 heterocycles. The number of rotatable bonds is 6. The van der Waals surface area contributed by atoms with Crippen molar-refractivity contribution < 1.29 is 24.2 Å². The Kier molecular flexibility index (Phi) is 6.17. The number of aliphatic carboxylic acids is 1. The minimum Gasteiger partial charge on any atom is -0.480 e. The molecule has 1 aliphatic carbocycles. The van der Waals surface area contributed by atoms with E-state index in [1.54, 1.807) is 6.92 Å². The number of nitrogens with one attached hydrogen (secondary N) is 1. The Morgan fingerprint density at radius 3 is 2.28 bits per heavy atom. The second-order valence-corrected chi connectivity index (χ2v) is 8.71. The monoisotopic (exact) mass is 436 g/mol. The number of benzene rings is 2. The second-order valence-electron chi connectivity index (χ2n) is 8.71. The molecule has 3 atom stereocenters. The lowest BCUT2D eigenvalue weighted by molar-refractivity contribution is -0.149. The van der Waals surface area contributed by atoms with Crippen LogP contribution in [-0.2, 0) is 14.3 Å². The first-order valence-corrected chi connectivity index (χ1v) is 11.0. The molecule has 1 saturated heterocycles. The van der Waals surface area contributed by atoms with E-state index in [1.807, 2.05) is 31.2 Å². The predicted octanol–water partition coefficient (Wildman–Crippen LogP) is 3.63. The molecule has 2 aliphatic rings. The summed E-state index contributed by atoms with van der Waals surface area (Å²) in [4.78, 5) is 37.9. The molecule has 0 saturated carbocycles. The molecule has 168 valence electrons. The van der Waals surface area contributed by atoms with Gasteiger partial charge in [0.05, 0.1) is 0 Å². The van der Waals surface area contributed by atoms with E-state index in [0.717, 1.165) is 22.3 Å². The summed E-state index contributed by atoms with van der Waals surface area (Å²) in [6.45, 7) is 4.18. The molecule has 4 rings (SSSR count). The number of carboxylic acid groups (broad SMARTS) is 1. The first kappa shape index (κ1) is 21.9. The van der Waals surface area contributed by atoms with Gasteiger partial charge in [-0.15, -0.1) is 0 Å². The average Bonchev–Trinajstić information content (AvgIpc) is 3.30. The van der Waals surface area contributed by atoms with E-state index >= 15 is 0 Å². The number of alkyl carbamates (subject to hydrolysis) is 1. The van der Waals surface area contributed by atoms with Gasteiger partial charge in [-0.3, -0.25) is 4.79 Å². The minimum atomic E-state index is -0.986. The number of ether oxygens (including phenoxy) is 1. The molecular formula is C25H28N2O5. The lowest BCUT2D eigenvalue weighted by Crippen LogP contribution is -2.45. The van der Waals surface area contributed by atoms with E-state index in [9.17, 15) is 19.5 Å². The first-order chi connectivity index (χ1) is 15.4. The maximum absolute atomic E-state index is 12.6. The summed E-state index contributed by atoms with van der Waals surface area (Å²) in [5, 5.41) is 12.1. The van der Waals surface area contributed by atoms with Gasteiger partial charge in [0.2, 0.25) is 5.91 Å². The van der Waals surface area contributed by atoms with Crippen molar-refractivity contribution in [2.24, 2.45) is 5.92 Å². The Morgan fingerprint density at radius 1 is 1.09 bits per heavy atom. The number of carboxylic acids is 1. The summed E-state index contributed by atoms with van der Waals surface area (Å²) in [5.41, 5.74) is 4.58. The first-order valence-electron chi connectivity index (χ1n) is 11.0. The van der Waals surface area contributed by atoms with E-state index in [-0.39, 0.29) is 30.8 Å². The SMILES string of the molecule is CC1CCN(C(=O)C[C@H](C)NC(=O)OCC2c3ccccc3-c3ccccc32)C1C(=O)O. The van der Waals surface area contributed by atoms with Gasteiger partial charge in [-0.05, 0) is 41.5 Å². The number of hydrogen-bond donors (Lipinski definition) is 2. The molecule has 0 aromatic heterocycles. The number of fused-ring (bicyclic) bond motifs is 3. The molecule has 1 aliphatic heterocycles. The third-order valence-corrected chi connectivity index (χ3v) is 6.46. The summed E-state index contributed by atoms with van der Waals surface area (Å²) in [5.74, 6) is -1.37. The van der Waals surface area contributed by atoms with E-state index in [4.69, 9.17) is 4.74 Å². The van der Waals surface area contributed by atoms with Crippen LogP contribution in [0.4, 0.5) is 4.79 Å². The highest BCUT2D eigenvalue weighted by atomic mass is 16.5. The third-order valence-electron chi connectivity index (χ3n) is 6.46. The van der Waals surface area contributed by atoms with Crippen molar-refractivity contribution in [2.45, 2.75) is 44.7 Å². The maximum atomic E-state index is 12.6. The van der Waals surface area contributed by atoms with Gasteiger partial charge in [-0.2, -0.15) is 0 Å². The van der Waals surface area contributed by atoms with Crippen LogP contribution in [0.3, 0.4) is 0 Å². The Hall–Kier alpha value is -3.35. The molecule has 0 spiro atoms. The van der Waals surface area contributed by atoms with Crippen molar-refractivity contribution in [1.82, 2.24) is 10.2 Å². The van der Waals surface area contributed by atoms with Crippen LogP contribution in [0.15, 0.2) is 48.5 Å². The number of hydrogen-bond acceptors (Lipinski definition) is 4. The quantitative estimate of drug-likeness (QED) is 0.721. The van der Waals surface area contributed by atoms with Gasteiger partial charge in [0.15, 0.2) is 0 Å². The van der Waals surface area contributed by atoms with Gasteiger partial charge >= 0.3 is 12.1 Å². The lowest BCUT2D eigenvalue weighted by atomic mass is 9.98. The standard InChI is InChI=1S/C25H28N2O5/c1-15-11-12-27(23(15)24(29)30)22(28)13-16(2)26-25(31)32-14-21-19-9-5-3-7-17(19)18-8-4-6-10-20(18)21/h3-10,15-16,21,23H,11-14H2,1-2H3,(H,26,31)(H,29,30)/t15?,16-,23?/m0/s1. The molecular weight excluding hydrogens is 408 g/mol. The molecule has 7 heteroatoms. The van der Waals surface area contributed by atoms with Gasteiger partial charge in [-0.25, -0.2) is 9.59 Å². The fraction of sp³-hybridized carbons (Fsp3) is 0.400. The fourth-order valence-corrected chi connectivity index (χ4v) is 4.87. The summed E-state index contributed by atoms with van der Waals surface area (Å²) in [6, 6.07) is 15.0. The van der Waals surface area contributed by atoms with E-state index in [1.165, 1.54) is 4.90 Å². The van der Waals surface area contributed by atoms with Gasteiger partial charge < -0.3 is 20.1 Å². The van der Waals surface area contributed by atoms with Gasteiger partial charge in [0, 0.05) is 24.9 Å². The topological polar surface area (TPSA) is 95.9 Å². The van der Waals surface area contributed by atoms with Crippen LogP contribution in [0, 0.1) is 5.92 Å². The zero-order valence-corrected chi connectivity index (χ0v) is 18.3. The molecule has 2 amide bonds. The van der Waals surface area contributed by atoms with Gasteiger partial charge in [0.25, 0.3) is 0 Å². The molecule has 1 fully saturated rings. The lowest BCUT2D eigenvalue weighted by Gasteiger charge is -2.25. The number of carbonyl (C=O) groups excluding carboxylic acids is 2. The normalized spacial score (nSPS) is 20.4. The minimum absolute atomic E-state index is 0.0285. The fourth-order valence-electron chi connectivity index (χ4n) is 4.87. The summed E-state index contributed by atoms with van der Waals surface area (Å²) in [6.07, 6.45) is 0.106. The van der Waals surface area contributed by atoms with Crippen LogP contribution < -0.4 is 5.32 Å². The van der Waals surface area contributed by atoms with Crippen molar-refractivity contribution in [3.8, 4) is 11.1 Å². The zero-order valence-electron chi connectivity index (χ0n) is 18.3. The van der Waals surface area contributed by atoms with Crippen molar-refractivity contribution in [3.05, 3.63) is 59.7 Å². The van der Waals surface area contributed by atoms with Crippen LogP contribution in [0.5, 0.6) is 0 Å².